The Morgan fingerprint density at radius 1 is 0.581 bits per heavy atom. The second kappa shape index (κ2) is 33.2. The highest BCUT2D eigenvalue weighted by atomic mass is 16.3. The molecule has 0 aliphatic heterocycles. The van der Waals surface area contributed by atoms with Gasteiger partial charge in [0.2, 0.25) is 5.91 Å². The zero-order chi connectivity index (χ0) is 31.6. The number of aliphatic hydroxyl groups excluding tert-OH is 3. The van der Waals surface area contributed by atoms with Crippen LogP contribution in [0, 0.1) is 0 Å². The Bertz CT molecular complexity index is 715. The fourth-order valence-electron chi connectivity index (χ4n) is 5.01. The number of aliphatic hydroxyl groups is 3. The summed E-state index contributed by atoms with van der Waals surface area (Å²) in [5.41, 5.74) is 0. The molecular formula is C38H69NO4. The van der Waals surface area contributed by atoms with Gasteiger partial charge in [-0.1, -0.05) is 133 Å². The van der Waals surface area contributed by atoms with E-state index in [0.717, 1.165) is 57.8 Å². The molecule has 0 rings (SSSR count). The monoisotopic (exact) mass is 604 g/mol. The quantitative estimate of drug-likeness (QED) is 0.0469. The molecule has 0 aromatic heterocycles. The third-order valence-corrected chi connectivity index (χ3v) is 7.82. The highest BCUT2D eigenvalue weighted by Gasteiger charge is 2.20. The van der Waals surface area contributed by atoms with Crippen molar-refractivity contribution in [1.29, 1.82) is 0 Å². The molecule has 250 valence electrons. The Balaban J connectivity index is 3.86. The van der Waals surface area contributed by atoms with Crippen molar-refractivity contribution in [3.8, 4) is 0 Å². The maximum atomic E-state index is 12.3. The van der Waals surface area contributed by atoms with E-state index in [0.29, 0.717) is 6.42 Å². The van der Waals surface area contributed by atoms with Crippen LogP contribution in [0.5, 0.6) is 0 Å². The number of unbranched alkanes of at least 4 members (excludes halogenated alkanes) is 16. The first-order valence-corrected chi connectivity index (χ1v) is 17.9. The fourth-order valence-corrected chi connectivity index (χ4v) is 5.01. The summed E-state index contributed by atoms with van der Waals surface area (Å²) in [7, 11) is 0. The van der Waals surface area contributed by atoms with E-state index in [-0.39, 0.29) is 18.9 Å². The van der Waals surface area contributed by atoms with Gasteiger partial charge < -0.3 is 20.6 Å². The molecule has 3 unspecified atom stereocenters. The second-order valence-corrected chi connectivity index (χ2v) is 12.1. The van der Waals surface area contributed by atoms with E-state index in [2.05, 4.69) is 55.6 Å². The summed E-state index contributed by atoms with van der Waals surface area (Å²) in [6, 6.07) is -0.770. The molecule has 5 nitrogen and oxygen atoms in total. The van der Waals surface area contributed by atoms with Crippen molar-refractivity contribution in [2.45, 2.75) is 180 Å². The second-order valence-electron chi connectivity index (χ2n) is 12.1. The molecule has 0 aromatic rings. The molecule has 1 amide bonds. The fraction of sp³-hybridized carbons (Fsp3) is 0.763. The molecule has 3 atom stereocenters. The third kappa shape index (κ3) is 30.1. The molecule has 0 bridgehead atoms. The molecule has 0 spiro atoms. The van der Waals surface area contributed by atoms with E-state index >= 15 is 0 Å². The summed E-state index contributed by atoms with van der Waals surface area (Å²) < 4.78 is 0. The molecule has 0 aliphatic carbocycles. The average Bonchev–Trinajstić information content (AvgIpc) is 3.00. The summed E-state index contributed by atoms with van der Waals surface area (Å²) in [4.78, 5) is 12.3. The minimum Gasteiger partial charge on any atom is -0.394 e. The molecule has 4 N–H and O–H groups in total. The lowest BCUT2D eigenvalue weighted by atomic mass is 10.1. The number of hydrogen-bond donors (Lipinski definition) is 4. The van der Waals surface area contributed by atoms with Gasteiger partial charge in [-0.2, -0.15) is 0 Å². The van der Waals surface area contributed by atoms with Crippen LogP contribution in [0.4, 0.5) is 0 Å². The molecule has 0 aromatic carbocycles. The zero-order valence-electron chi connectivity index (χ0n) is 28.1. The van der Waals surface area contributed by atoms with Crippen molar-refractivity contribution < 1.29 is 20.1 Å². The largest absolute Gasteiger partial charge is 0.394 e. The highest BCUT2D eigenvalue weighted by molar-refractivity contribution is 5.76. The number of hydrogen-bond acceptors (Lipinski definition) is 4. The van der Waals surface area contributed by atoms with Crippen molar-refractivity contribution in [1.82, 2.24) is 5.32 Å². The minimum absolute atomic E-state index is 0.0105. The van der Waals surface area contributed by atoms with Crippen LogP contribution in [0.15, 0.2) is 48.6 Å². The molecule has 0 heterocycles. The van der Waals surface area contributed by atoms with Crippen LogP contribution in [0.2, 0.25) is 0 Å². The van der Waals surface area contributed by atoms with Gasteiger partial charge in [-0.25, -0.2) is 0 Å². The van der Waals surface area contributed by atoms with Crippen LogP contribution in [-0.2, 0) is 4.79 Å². The lowest BCUT2D eigenvalue weighted by molar-refractivity contribution is -0.124. The molecule has 0 aliphatic rings. The maximum absolute atomic E-state index is 12.3. The van der Waals surface area contributed by atoms with E-state index in [4.69, 9.17) is 0 Å². The first kappa shape index (κ1) is 41.3. The minimum atomic E-state index is -0.962. The van der Waals surface area contributed by atoms with E-state index in [1.807, 2.05) is 6.08 Å². The van der Waals surface area contributed by atoms with Gasteiger partial charge in [0.25, 0.3) is 0 Å². The standard InChI is InChI=1S/C38H69NO4/c1-3-5-7-9-11-13-15-16-17-18-19-20-21-22-24-26-28-30-32-37(42)36(34-40)39-38(43)33-35(41)31-29-27-25-23-14-12-10-8-6-4-2/h12,14,18-19,22,24,30,32,35-37,40-42H,3-11,13,15-17,20-21,23,25-29,31,33-34H2,1-2H3,(H,39,43)/b14-12-,19-18+,24-22+,32-30+. The predicted molar refractivity (Wildman–Crippen MR) is 185 cm³/mol. The Morgan fingerprint density at radius 3 is 1.53 bits per heavy atom. The maximum Gasteiger partial charge on any atom is 0.222 e. The summed E-state index contributed by atoms with van der Waals surface area (Å²) in [6.07, 6.45) is 40.9. The lowest BCUT2D eigenvalue weighted by Crippen LogP contribution is -2.45. The molecule has 0 saturated heterocycles. The molecule has 0 saturated carbocycles. The van der Waals surface area contributed by atoms with Crippen LogP contribution < -0.4 is 5.32 Å². The normalized spacial score (nSPS) is 14.4. The van der Waals surface area contributed by atoms with Gasteiger partial charge in [0.15, 0.2) is 0 Å². The Morgan fingerprint density at radius 2 is 1.00 bits per heavy atom. The summed E-state index contributed by atoms with van der Waals surface area (Å²) in [5.74, 6) is -0.344. The van der Waals surface area contributed by atoms with E-state index in [1.54, 1.807) is 6.08 Å². The molecule has 0 radical (unpaired) electrons. The Kier molecular flexibility index (Phi) is 31.9. The lowest BCUT2D eigenvalue weighted by Gasteiger charge is -2.20. The van der Waals surface area contributed by atoms with Crippen molar-refractivity contribution in [2.75, 3.05) is 6.61 Å². The topological polar surface area (TPSA) is 89.8 Å². The van der Waals surface area contributed by atoms with Gasteiger partial charge in [-0.3, -0.25) is 4.79 Å². The van der Waals surface area contributed by atoms with Gasteiger partial charge in [-0.05, 0) is 70.6 Å². The number of rotatable bonds is 31. The number of amides is 1. The average molecular weight is 604 g/mol. The van der Waals surface area contributed by atoms with Crippen LogP contribution in [0.3, 0.4) is 0 Å². The van der Waals surface area contributed by atoms with Crippen molar-refractivity contribution in [2.24, 2.45) is 0 Å². The predicted octanol–water partition coefficient (Wildman–Crippen LogP) is 9.42. The smallest absolute Gasteiger partial charge is 0.222 e. The molecule has 43 heavy (non-hydrogen) atoms. The summed E-state index contributed by atoms with van der Waals surface area (Å²) in [6.45, 7) is 4.13. The van der Waals surface area contributed by atoms with Crippen molar-refractivity contribution in [3.63, 3.8) is 0 Å². The summed E-state index contributed by atoms with van der Waals surface area (Å²) in [5, 5.41) is 32.9. The van der Waals surface area contributed by atoms with Crippen molar-refractivity contribution >= 4 is 5.91 Å². The number of nitrogens with one attached hydrogen (secondary N) is 1. The third-order valence-electron chi connectivity index (χ3n) is 7.82. The SMILES string of the molecule is CCCCC/C=C\CCCCCC(O)CC(=O)NC(CO)C(O)/C=C/CC/C=C/CC/C=C/CCCCCCCCCC. The Labute approximate surface area is 266 Å². The van der Waals surface area contributed by atoms with E-state index < -0.39 is 18.2 Å². The molecule has 0 fully saturated rings. The van der Waals surface area contributed by atoms with Crippen molar-refractivity contribution in [3.05, 3.63) is 48.6 Å². The van der Waals surface area contributed by atoms with Crippen LogP contribution in [0.25, 0.3) is 0 Å². The number of carbonyl (C=O) groups excluding carboxylic acids is 1. The summed E-state index contributed by atoms with van der Waals surface area (Å²) >= 11 is 0. The Hall–Kier alpha value is -1.69. The van der Waals surface area contributed by atoms with Gasteiger partial charge in [0.05, 0.1) is 31.3 Å². The van der Waals surface area contributed by atoms with Gasteiger partial charge in [-0.15, -0.1) is 0 Å². The number of carbonyl (C=O) groups is 1. The molecular weight excluding hydrogens is 534 g/mol. The molecule has 5 heteroatoms. The van der Waals surface area contributed by atoms with E-state index in [9.17, 15) is 20.1 Å². The van der Waals surface area contributed by atoms with Gasteiger partial charge in [0.1, 0.15) is 0 Å². The first-order valence-electron chi connectivity index (χ1n) is 17.9. The highest BCUT2D eigenvalue weighted by Crippen LogP contribution is 2.11. The number of allylic oxidation sites excluding steroid dienone is 7. The van der Waals surface area contributed by atoms with Crippen LogP contribution >= 0.6 is 0 Å². The first-order chi connectivity index (χ1) is 21.0. The van der Waals surface area contributed by atoms with Gasteiger partial charge >= 0.3 is 0 Å². The van der Waals surface area contributed by atoms with Gasteiger partial charge in [0, 0.05) is 0 Å². The van der Waals surface area contributed by atoms with Crippen LogP contribution in [0.1, 0.15) is 162 Å². The van der Waals surface area contributed by atoms with E-state index in [1.165, 1.54) is 77.0 Å². The zero-order valence-corrected chi connectivity index (χ0v) is 28.1. The van der Waals surface area contributed by atoms with Crippen LogP contribution in [-0.4, -0.2) is 46.1 Å².